The highest BCUT2D eigenvalue weighted by atomic mass is 32.2. The van der Waals surface area contributed by atoms with Gasteiger partial charge in [-0.05, 0) is 35.9 Å². The number of amides is 1. The van der Waals surface area contributed by atoms with Crippen molar-refractivity contribution in [3.8, 4) is 0 Å². The predicted octanol–water partition coefficient (Wildman–Crippen LogP) is 3.61. The first-order valence-corrected chi connectivity index (χ1v) is 12.0. The zero-order chi connectivity index (χ0) is 25.8. The number of carbonyl (C=O) groups is 1. The summed E-state index contributed by atoms with van der Waals surface area (Å²) in [7, 11) is -0.724. The maximum Gasteiger partial charge on any atom is 0.421 e. The number of rotatable bonds is 8. The normalized spacial score (nSPS) is 11.6. The van der Waals surface area contributed by atoms with Crippen molar-refractivity contribution in [2.75, 3.05) is 35.3 Å². The minimum atomic E-state index is -4.72. The van der Waals surface area contributed by atoms with Crippen LogP contribution in [0.5, 0.6) is 0 Å². The van der Waals surface area contributed by atoms with Crippen LogP contribution in [0.1, 0.15) is 21.5 Å². The van der Waals surface area contributed by atoms with Crippen molar-refractivity contribution < 1.29 is 26.4 Å². The van der Waals surface area contributed by atoms with Gasteiger partial charge in [-0.25, -0.2) is 13.4 Å². The van der Waals surface area contributed by atoms with Crippen molar-refractivity contribution in [3.05, 3.63) is 71.4 Å². The largest absolute Gasteiger partial charge is 0.421 e. The number of aromatic nitrogens is 2. The second-order valence-corrected chi connectivity index (χ2v) is 9.46. The summed E-state index contributed by atoms with van der Waals surface area (Å²) in [6.45, 7) is -0.129. The standard InChI is InChI=1S/C22H23F3N6O3S/c1-26-20(32)14-8-10-16(11-9-14)29-21-28-13-17(22(23,24)25)19(30-21)27-12-15-6-4-5-7-18(15)31(2)35(3,33)34/h4-11,13H,12H2,1-3H3,(H,26,32)(H2,27,28,29,30). The first-order valence-electron chi connectivity index (χ1n) is 10.2. The number of hydrogen-bond donors (Lipinski definition) is 3. The zero-order valence-electron chi connectivity index (χ0n) is 19.0. The van der Waals surface area contributed by atoms with Crippen LogP contribution in [0.15, 0.2) is 54.7 Å². The number of hydrogen-bond acceptors (Lipinski definition) is 7. The third kappa shape index (κ3) is 6.38. The van der Waals surface area contributed by atoms with Gasteiger partial charge in [-0.3, -0.25) is 9.10 Å². The van der Waals surface area contributed by atoms with Crippen LogP contribution in [0.25, 0.3) is 0 Å². The predicted molar refractivity (Wildman–Crippen MR) is 127 cm³/mol. The molecule has 1 heterocycles. The molecule has 0 fully saturated rings. The van der Waals surface area contributed by atoms with Gasteiger partial charge in [-0.1, -0.05) is 18.2 Å². The SMILES string of the molecule is CNC(=O)c1ccc(Nc2ncc(C(F)(F)F)c(NCc3ccccc3N(C)S(C)(=O)=O)n2)cc1. The fourth-order valence-electron chi connectivity index (χ4n) is 3.09. The lowest BCUT2D eigenvalue weighted by Crippen LogP contribution is -2.26. The Bertz CT molecular complexity index is 1310. The summed E-state index contributed by atoms with van der Waals surface area (Å²) in [5.41, 5.74) is 0.563. The van der Waals surface area contributed by atoms with Gasteiger partial charge in [-0.2, -0.15) is 18.2 Å². The smallest absolute Gasteiger partial charge is 0.365 e. The first kappa shape index (κ1) is 25.7. The number of anilines is 4. The second-order valence-electron chi connectivity index (χ2n) is 7.45. The monoisotopic (exact) mass is 508 g/mol. The molecule has 35 heavy (non-hydrogen) atoms. The van der Waals surface area contributed by atoms with Crippen LogP contribution in [0.2, 0.25) is 0 Å². The molecule has 3 N–H and O–H groups in total. The molecule has 0 radical (unpaired) electrons. The lowest BCUT2D eigenvalue weighted by atomic mass is 10.1. The molecule has 0 aliphatic heterocycles. The van der Waals surface area contributed by atoms with Gasteiger partial charge in [0.1, 0.15) is 11.4 Å². The number of halogens is 3. The van der Waals surface area contributed by atoms with Gasteiger partial charge >= 0.3 is 6.18 Å². The summed E-state index contributed by atoms with van der Waals surface area (Å²) in [5.74, 6) is -0.862. The van der Waals surface area contributed by atoms with E-state index < -0.39 is 27.6 Å². The van der Waals surface area contributed by atoms with E-state index in [2.05, 4.69) is 25.9 Å². The van der Waals surface area contributed by atoms with Crippen LogP contribution < -0.4 is 20.3 Å². The van der Waals surface area contributed by atoms with Crippen molar-refractivity contribution in [1.29, 1.82) is 0 Å². The topological polar surface area (TPSA) is 116 Å². The Balaban J connectivity index is 1.88. The molecule has 2 aromatic carbocycles. The van der Waals surface area contributed by atoms with E-state index in [0.29, 0.717) is 28.7 Å². The van der Waals surface area contributed by atoms with Gasteiger partial charge in [0, 0.05) is 38.1 Å². The first-order chi connectivity index (χ1) is 16.4. The Morgan fingerprint density at radius 1 is 1.09 bits per heavy atom. The summed E-state index contributed by atoms with van der Waals surface area (Å²) < 4.78 is 65.7. The fourth-order valence-corrected chi connectivity index (χ4v) is 3.62. The van der Waals surface area contributed by atoms with Crippen LogP contribution in [0.3, 0.4) is 0 Å². The van der Waals surface area contributed by atoms with Gasteiger partial charge in [0.15, 0.2) is 0 Å². The van der Waals surface area contributed by atoms with Gasteiger partial charge in [0.25, 0.3) is 5.91 Å². The highest BCUT2D eigenvalue weighted by Crippen LogP contribution is 2.34. The van der Waals surface area contributed by atoms with E-state index >= 15 is 0 Å². The molecule has 0 spiro atoms. The number of para-hydroxylation sites is 1. The maximum atomic E-state index is 13.6. The molecule has 0 aliphatic rings. The summed E-state index contributed by atoms with van der Waals surface area (Å²) in [5, 5.41) is 7.95. The number of nitrogens with one attached hydrogen (secondary N) is 3. The molecule has 0 unspecified atom stereocenters. The van der Waals surface area contributed by atoms with E-state index in [-0.39, 0.29) is 18.4 Å². The van der Waals surface area contributed by atoms with Gasteiger partial charge in [-0.15, -0.1) is 0 Å². The van der Waals surface area contributed by atoms with Gasteiger partial charge in [0.05, 0.1) is 11.9 Å². The quantitative estimate of drug-likeness (QED) is 0.426. The van der Waals surface area contributed by atoms with E-state index in [0.717, 1.165) is 10.6 Å². The van der Waals surface area contributed by atoms with E-state index in [1.807, 2.05) is 0 Å². The fraction of sp³-hybridized carbons (Fsp3) is 0.227. The number of sulfonamides is 1. The summed E-state index contributed by atoms with van der Waals surface area (Å²) in [6.07, 6.45) is -3.03. The molecule has 3 aromatic rings. The third-order valence-electron chi connectivity index (χ3n) is 5.00. The molecule has 186 valence electrons. The van der Waals surface area contributed by atoms with Crippen LogP contribution >= 0.6 is 0 Å². The Kier molecular flexibility index (Phi) is 7.48. The van der Waals surface area contributed by atoms with Crippen molar-refractivity contribution >= 4 is 39.1 Å². The van der Waals surface area contributed by atoms with E-state index in [1.165, 1.54) is 14.1 Å². The van der Waals surface area contributed by atoms with Crippen molar-refractivity contribution in [2.24, 2.45) is 0 Å². The molecular weight excluding hydrogens is 485 g/mol. The zero-order valence-corrected chi connectivity index (χ0v) is 19.8. The average molecular weight is 509 g/mol. The minimum Gasteiger partial charge on any atom is -0.365 e. The molecule has 3 rings (SSSR count). The summed E-state index contributed by atoms with van der Waals surface area (Å²) in [6, 6.07) is 12.6. The average Bonchev–Trinajstić information content (AvgIpc) is 2.81. The molecule has 0 saturated carbocycles. The molecule has 9 nitrogen and oxygen atoms in total. The Labute approximate surface area is 200 Å². The molecule has 1 amide bonds. The molecule has 13 heteroatoms. The Morgan fingerprint density at radius 3 is 2.34 bits per heavy atom. The van der Waals surface area contributed by atoms with Gasteiger partial charge < -0.3 is 16.0 Å². The number of benzene rings is 2. The highest BCUT2D eigenvalue weighted by Gasteiger charge is 2.35. The molecule has 0 saturated heterocycles. The summed E-state index contributed by atoms with van der Waals surface area (Å²) >= 11 is 0. The van der Waals surface area contributed by atoms with Crippen molar-refractivity contribution in [2.45, 2.75) is 12.7 Å². The lowest BCUT2D eigenvalue weighted by molar-refractivity contribution is -0.137. The highest BCUT2D eigenvalue weighted by molar-refractivity contribution is 7.92. The maximum absolute atomic E-state index is 13.6. The van der Waals surface area contributed by atoms with E-state index in [1.54, 1.807) is 48.5 Å². The van der Waals surface area contributed by atoms with Gasteiger partial charge in [0.2, 0.25) is 16.0 Å². The van der Waals surface area contributed by atoms with E-state index in [4.69, 9.17) is 0 Å². The lowest BCUT2D eigenvalue weighted by Gasteiger charge is -2.21. The molecule has 0 aliphatic carbocycles. The van der Waals surface area contributed by atoms with Crippen molar-refractivity contribution in [1.82, 2.24) is 15.3 Å². The summed E-state index contributed by atoms with van der Waals surface area (Å²) in [4.78, 5) is 19.4. The molecule has 0 bridgehead atoms. The van der Waals surface area contributed by atoms with Crippen LogP contribution in [0.4, 0.5) is 36.3 Å². The second kappa shape index (κ2) is 10.2. The number of alkyl halides is 3. The molecular formula is C22H23F3N6O3S. The number of carbonyl (C=O) groups excluding carboxylic acids is 1. The van der Waals surface area contributed by atoms with E-state index in [9.17, 15) is 26.4 Å². The molecule has 1 aromatic heterocycles. The van der Waals surface area contributed by atoms with Crippen LogP contribution in [0, 0.1) is 0 Å². The number of nitrogens with zero attached hydrogens (tertiary/aromatic N) is 3. The minimum absolute atomic E-state index is 0.102. The Hall–Kier alpha value is -3.87. The van der Waals surface area contributed by atoms with Crippen LogP contribution in [-0.2, 0) is 22.7 Å². The van der Waals surface area contributed by atoms with Crippen molar-refractivity contribution in [3.63, 3.8) is 0 Å². The third-order valence-corrected chi connectivity index (χ3v) is 6.19. The molecule has 0 atom stereocenters. The van der Waals surface area contributed by atoms with Crippen LogP contribution in [-0.4, -0.2) is 44.6 Å². The Morgan fingerprint density at radius 2 is 1.74 bits per heavy atom.